The van der Waals surface area contributed by atoms with E-state index in [9.17, 15) is 4.39 Å². The van der Waals surface area contributed by atoms with Crippen LogP contribution < -0.4 is 15.8 Å². The summed E-state index contributed by atoms with van der Waals surface area (Å²) in [7, 11) is 0. The average Bonchev–Trinajstić information content (AvgIpc) is 2.72. The van der Waals surface area contributed by atoms with Gasteiger partial charge in [0.05, 0.1) is 5.69 Å². The molecular weight excluding hydrogens is 195 g/mol. The summed E-state index contributed by atoms with van der Waals surface area (Å²) in [5.74, 6) is 0.113. The van der Waals surface area contributed by atoms with Crippen molar-refractivity contribution in [3.63, 3.8) is 0 Å². The number of nitrogens with two attached hydrogens (primary N) is 1. The summed E-state index contributed by atoms with van der Waals surface area (Å²) in [5, 5.41) is 3.30. The minimum atomic E-state index is -0.321. The molecule has 0 spiro atoms. The van der Waals surface area contributed by atoms with E-state index in [2.05, 4.69) is 5.32 Å². The summed E-state index contributed by atoms with van der Waals surface area (Å²) in [6, 6.07) is 4.54. The number of nitrogen functional groups attached to an aromatic ring is 1. The van der Waals surface area contributed by atoms with Gasteiger partial charge >= 0.3 is 0 Å². The molecule has 3 N–H and O–H groups in total. The van der Waals surface area contributed by atoms with Crippen molar-refractivity contribution in [3.8, 4) is 5.75 Å². The van der Waals surface area contributed by atoms with Crippen LogP contribution in [-0.4, -0.2) is 19.2 Å². The smallest absolute Gasteiger partial charge is 0.145 e. The fraction of sp³-hybridized carbons (Fsp3) is 0.455. The second-order valence-corrected chi connectivity index (χ2v) is 3.79. The van der Waals surface area contributed by atoms with Gasteiger partial charge in [0.25, 0.3) is 0 Å². The Morgan fingerprint density at radius 2 is 2.40 bits per heavy atom. The van der Waals surface area contributed by atoms with Crippen LogP contribution in [0, 0.1) is 5.82 Å². The van der Waals surface area contributed by atoms with Crippen LogP contribution in [0.5, 0.6) is 5.75 Å². The Hall–Kier alpha value is -1.29. The lowest BCUT2D eigenvalue weighted by atomic mass is 10.2. The molecular formula is C11H15FN2O. The van der Waals surface area contributed by atoms with E-state index in [1.807, 2.05) is 0 Å². The molecule has 1 saturated heterocycles. The van der Waals surface area contributed by atoms with Gasteiger partial charge in [-0.1, -0.05) is 0 Å². The van der Waals surface area contributed by atoms with Gasteiger partial charge in [0.1, 0.15) is 18.2 Å². The third kappa shape index (κ3) is 2.59. The largest absolute Gasteiger partial charge is 0.490 e. The highest BCUT2D eigenvalue weighted by Gasteiger charge is 2.15. The highest BCUT2D eigenvalue weighted by atomic mass is 19.1. The van der Waals surface area contributed by atoms with Crippen LogP contribution in [0.4, 0.5) is 10.1 Å². The van der Waals surface area contributed by atoms with Crippen molar-refractivity contribution >= 4 is 5.69 Å². The van der Waals surface area contributed by atoms with Crippen LogP contribution in [0.1, 0.15) is 12.8 Å². The summed E-state index contributed by atoms with van der Waals surface area (Å²) in [6.45, 7) is 1.58. The zero-order valence-electron chi connectivity index (χ0n) is 8.50. The summed E-state index contributed by atoms with van der Waals surface area (Å²) < 4.78 is 18.4. The van der Waals surface area contributed by atoms with Crippen molar-refractivity contribution in [3.05, 3.63) is 24.0 Å². The molecule has 1 fully saturated rings. The highest BCUT2D eigenvalue weighted by molar-refractivity contribution is 5.52. The van der Waals surface area contributed by atoms with Crippen LogP contribution in [0.3, 0.4) is 0 Å². The number of rotatable bonds is 3. The molecule has 1 unspecified atom stereocenters. The molecule has 1 aliphatic rings. The van der Waals surface area contributed by atoms with Crippen molar-refractivity contribution in [2.45, 2.75) is 18.9 Å². The Morgan fingerprint density at radius 3 is 3.13 bits per heavy atom. The first-order valence-corrected chi connectivity index (χ1v) is 5.17. The molecule has 0 bridgehead atoms. The third-order valence-corrected chi connectivity index (χ3v) is 2.58. The van der Waals surface area contributed by atoms with Crippen molar-refractivity contribution in [1.82, 2.24) is 5.32 Å². The van der Waals surface area contributed by atoms with Gasteiger partial charge in [0, 0.05) is 12.1 Å². The van der Waals surface area contributed by atoms with E-state index in [1.165, 1.54) is 24.6 Å². The van der Waals surface area contributed by atoms with E-state index in [4.69, 9.17) is 10.5 Å². The molecule has 1 atom stereocenters. The highest BCUT2D eigenvalue weighted by Crippen LogP contribution is 2.22. The molecule has 15 heavy (non-hydrogen) atoms. The number of benzene rings is 1. The Morgan fingerprint density at radius 1 is 1.53 bits per heavy atom. The van der Waals surface area contributed by atoms with Gasteiger partial charge in [-0.3, -0.25) is 0 Å². The van der Waals surface area contributed by atoms with Gasteiger partial charge < -0.3 is 15.8 Å². The molecule has 82 valence electrons. The summed E-state index contributed by atoms with van der Waals surface area (Å²) in [6.07, 6.45) is 2.28. The molecule has 1 heterocycles. The van der Waals surface area contributed by atoms with E-state index in [0.29, 0.717) is 24.1 Å². The molecule has 3 nitrogen and oxygen atoms in total. The standard InChI is InChI=1S/C11H15FN2O/c12-8-3-4-10(13)11(6-8)15-7-9-2-1-5-14-9/h3-4,6,9,14H,1-2,5,7,13H2. The lowest BCUT2D eigenvalue weighted by molar-refractivity contribution is 0.277. The van der Waals surface area contributed by atoms with Gasteiger partial charge in [-0.2, -0.15) is 0 Å². The summed E-state index contributed by atoms with van der Waals surface area (Å²) in [4.78, 5) is 0. The molecule has 0 amide bonds. The molecule has 0 radical (unpaired) electrons. The molecule has 1 aromatic carbocycles. The third-order valence-electron chi connectivity index (χ3n) is 2.58. The van der Waals surface area contributed by atoms with Crippen LogP contribution in [-0.2, 0) is 0 Å². The fourth-order valence-corrected chi connectivity index (χ4v) is 1.72. The number of ether oxygens (including phenoxy) is 1. The monoisotopic (exact) mass is 210 g/mol. The number of hydrogen-bond acceptors (Lipinski definition) is 3. The molecule has 4 heteroatoms. The first-order valence-electron chi connectivity index (χ1n) is 5.17. The first-order chi connectivity index (χ1) is 7.25. The maximum absolute atomic E-state index is 12.9. The van der Waals surface area contributed by atoms with Crippen LogP contribution in [0.25, 0.3) is 0 Å². The van der Waals surface area contributed by atoms with E-state index in [-0.39, 0.29) is 5.82 Å². The van der Waals surface area contributed by atoms with Gasteiger partial charge in [0.15, 0.2) is 0 Å². The summed E-state index contributed by atoms with van der Waals surface area (Å²) >= 11 is 0. The van der Waals surface area contributed by atoms with Crippen LogP contribution in [0.2, 0.25) is 0 Å². The van der Waals surface area contributed by atoms with E-state index in [1.54, 1.807) is 0 Å². The normalized spacial score (nSPS) is 20.5. The summed E-state index contributed by atoms with van der Waals surface area (Å²) in [5.41, 5.74) is 6.14. The zero-order chi connectivity index (χ0) is 10.7. The first kappa shape index (κ1) is 10.2. The van der Waals surface area contributed by atoms with Gasteiger partial charge in [0.2, 0.25) is 0 Å². The van der Waals surface area contributed by atoms with Crippen LogP contribution in [0.15, 0.2) is 18.2 Å². The van der Waals surface area contributed by atoms with Crippen molar-refractivity contribution < 1.29 is 9.13 Å². The lowest BCUT2D eigenvalue weighted by Crippen LogP contribution is -2.28. The van der Waals surface area contributed by atoms with Crippen LogP contribution >= 0.6 is 0 Å². The number of nitrogens with one attached hydrogen (secondary N) is 1. The van der Waals surface area contributed by atoms with Gasteiger partial charge in [-0.05, 0) is 31.5 Å². The predicted octanol–water partition coefficient (Wildman–Crippen LogP) is 1.54. The lowest BCUT2D eigenvalue weighted by Gasteiger charge is -2.13. The Bertz CT molecular complexity index is 337. The fourth-order valence-electron chi connectivity index (χ4n) is 1.72. The minimum absolute atomic E-state index is 0.321. The van der Waals surface area contributed by atoms with E-state index in [0.717, 1.165) is 13.0 Å². The predicted molar refractivity (Wildman–Crippen MR) is 57.3 cm³/mol. The maximum Gasteiger partial charge on any atom is 0.145 e. The number of hydrogen-bond donors (Lipinski definition) is 2. The topological polar surface area (TPSA) is 47.3 Å². The zero-order valence-corrected chi connectivity index (χ0v) is 8.50. The van der Waals surface area contributed by atoms with Gasteiger partial charge in [-0.25, -0.2) is 4.39 Å². The SMILES string of the molecule is Nc1ccc(F)cc1OCC1CCCN1. The minimum Gasteiger partial charge on any atom is -0.490 e. The number of anilines is 1. The quantitative estimate of drug-likeness (QED) is 0.744. The second-order valence-electron chi connectivity index (χ2n) is 3.79. The average molecular weight is 210 g/mol. The second kappa shape index (κ2) is 4.49. The van der Waals surface area contributed by atoms with E-state index < -0.39 is 0 Å². The Kier molecular flexibility index (Phi) is 3.06. The molecule has 2 rings (SSSR count). The Labute approximate surface area is 88.4 Å². The number of halogens is 1. The molecule has 1 aliphatic heterocycles. The van der Waals surface area contributed by atoms with Crippen molar-refractivity contribution in [2.24, 2.45) is 0 Å². The molecule has 0 aromatic heterocycles. The van der Waals surface area contributed by atoms with Crippen molar-refractivity contribution in [1.29, 1.82) is 0 Å². The molecule has 0 aliphatic carbocycles. The Balaban J connectivity index is 1.94. The van der Waals surface area contributed by atoms with E-state index >= 15 is 0 Å². The van der Waals surface area contributed by atoms with Crippen molar-refractivity contribution in [2.75, 3.05) is 18.9 Å². The van der Waals surface area contributed by atoms with Gasteiger partial charge in [-0.15, -0.1) is 0 Å². The maximum atomic E-state index is 12.9. The molecule has 0 saturated carbocycles. The molecule has 1 aromatic rings.